The number of carbonyl (C=O) groups excluding carboxylic acids is 2. The fourth-order valence-electron chi connectivity index (χ4n) is 3.88. The number of ether oxygens (including phenoxy) is 1. The first kappa shape index (κ1) is 26.8. The summed E-state index contributed by atoms with van der Waals surface area (Å²) in [5, 5.41) is 6.76. The Hall–Kier alpha value is -3.75. The van der Waals surface area contributed by atoms with E-state index >= 15 is 0 Å². The number of halogens is 2. The summed E-state index contributed by atoms with van der Waals surface area (Å²) in [7, 11) is 1.70. The van der Waals surface area contributed by atoms with Gasteiger partial charge in [0, 0.05) is 37.6 Å². The van der Waals surface area contributed by atoms with Gasteiger partial charge in [-0.05, 0) is 60.2 Å². The number of rotatable bonds is 10. The van der Waals surface area contributed by atoms with Gasteiger partial charge in [-0.25, -0.2) is 23.4 Å². The average Bonchev–Trinajstić information content (AvgIpc) is 2.86. The first-order chi connectivity index (χ1) is 17.3. The highest BCUT2D eigenvalue weighted by molar-refractivity contribution is 5.89. The van der Waals surface area contributed by atoms with E-state index in [1.165, 1.54) is 18.2 Å². The number of pyridine rings is 1. The molecule has 1 atom stereocenters. The Bertz CT molecular complexity index is 1200. The zero-order valence-corrected chi connectivity index (χ0v) is 20.8. The van der Waals surface area contributed by atoms with Crippen molar-refractivity contribution in [3.63, 3.8) is 0 Å². The molecule has 0 aliphatic rings. The van der Waals surface area contributed by atoms with Crippen molar-refractivity contribution in [2.75, 3.05) is 19.0 Å². The molecule has 0 bridgehead atoms. The largest absolute Gasteiger partial charge is 0.449 e. The predicted octanol–water partition coefficient (Wildman–Crippen LogP) is 6.16. The van der Waals surface area contributed by atoms with Crippen LogP contribution in [0.5, 0.6) is 0 Å². The Kier molecular flexibility index (Phi) is 9.55. The Labute approximate surface area is 209 Å². The van der Waals surface area contributed by atoms with E-state index in [0.717, 1.165) is 24.6 Å². The van der Waals surface area contributed by atoms with E-state index in [9.17, 15) is 18.4 Å². The summed E-state index contributed by atoms with van der Waals surface area (Å²) < 4.78 is 32.6. The van der Waals surface area contributed by atoms with Crippen LogP contribution < -0.4 is 10.6 Å². The summed E-state index contributed by atoms with van der Waals surface area (Å²) in [4.78, 5) is 30.8. The van der Waals surface area contributed by atoms with Crippen molar-refractivity contribution in [1.29, 1.82) is 0 Å². The number of fused-ring (bicyclic) bond motifs is 1. The number of hydrogen-bond acceptors (Lipinski definition) is 4. The third-order valence-electron chi connectivity index (χ3n) is 6.17. The van der Waals surface area contributed by atoms with Gasteiger partial charge in [0.1, 0.15) is 17.5 Å². The summed E-state index contributed by atoms with van der Waals surface area (Å²) >= 11 is 0. The highest BCUT2D eigenvalue weighted by Crippen LogP contribution is 2.18. The molecule has 0 saturated carbocycles. The molecule has 192 valence electrons. The SMILES string of the molecule is CCCC[C@@H](CCOC(=O)Nc1cc2cc(F)ccc2cn1)N(C)C(=O)NCc1cccc(F)c1C. The topological polar surface area (TPSA) is 83.6 Å². The van der Waals surface area contributed by atoms with Crippen molar-refractivity contribution < 1.29 is 23.1 Å². The van der Waals surface area contributed by atoms with Crippen LogP contribution in [0, 0.1) is 18.6 Å². The van der Waals surface area contributed by atoms with Crippen molar-refractivity contribution >= 4 is 28.7 Å². The predicted molar refractivity (Wildman–Crippen MR) is 136 cm³/mol. The standard InChI is InChI=1S/C27H32F2N4O3/c1-4-5-8-23(33(3)26(34)31-16-19-7-6-9-24(29)18(19)2)12-13-36-27(35)32-25-15-21-14-22(28)11-10-20(21)17-30-25/h6-7,9-11,14-15,17,23H,4-5,8,12-13,16H2,1-3H3,(H,31,34)(H,30,32,35)/t23-/m0/s1. The van der Waals surface area contributed by atoms with E-state index in [1.807, 2.05) is 0 Å². The smallest absolute Gasteiger partial charge is 0.412 e. The lowest BCUT2D eigenvalue weighted by atomic mass is 10.1. The quantitative estimate of drug-likeness (QED) is 0.351. The molecule has 7 nitrogen and oxygen atoms in total. The van der Waals surface area contributed by atoms with Crippen LogP contribution in [-0.4, -0.2) is 41.7 Å². The van der Waals surface area contributed by atoms with Gasteiger partial charge in [-0.2, -0.15) is 0 Å². The minimum absolute atomic E-state index is 0.100. The molecule has 9 heteroatoms. The average molecular weight is 499 g/mol. The number of carbonyl (C=O) groups is 2. The van der Waals surface area contributed by atoms with Crippen molar-refractivity contribution in [3.05, 3.63) is 71.4 Å². The van der Waals surface area contributed by atoms with Crippen molar-refractivity contribution in [2.45, 2.75) is 52.1 Å². The number of nitrogens with zero attached hydrogens (tertiary/aromatic N) is 2. The molecule has 1 aromatic heterocycles. The van der Waals surface area contributed by atoms with Gasteiger partial charge >= 0.3 is 12.1 Å². The van der Waals surface area contributed by atoms with Gasteiger partial charge in [0.2, 0.25) is 0 Å². The minimum atomic E-state index is -0.679. The fraction of sp³-hybridized carbons (Fsp3) is 0.370. The van der Waals surface area contributed by atoms with Crippen LogP contribution in [0.25, 0.3) is 10.8 Å². The molecule has 0 aliphatic heterocycles. The first-order valence-corrected chi connectivity index (χ1v) is 12.0. The van der Waals surface area contributed by atoms with Crippen molar-refractivity contribution in [3.8, 4) is 0 Å². The van der Waals surface area contributed by atoms with Crippen LogP contribution in [0.4, 0.5) is 24.2 Å². The van der Waals surface area contributed by atoms with Crippen LogP contribution >= 0.6 is 0 Å². The van der Waals surface area contributed by atoms with Crippen LogP contribution in [0.2, 0.25) is 0 Å². The second kappa shape index (κ2) is 12.8. The molecule has 0 unspecified atom stereocenters. The summed E-state index contributed by atoms with van der Waals surface area (Å²) in [5.74, 6) is -0.429. The number of nitrogens with one attached hydrogen (secondary N) is 2. The number of amides is 3. The van der Waals surface area contributed by atoms with Gasteiger partial charge in [0.05, 0.1) is 6.61 Å². The van der Waals surface area contributed by atoms with E-state index in [1.54, 1.807) is 49.3 Å². The third kappa shape index (κ3) is 7.37. The van der Waals surface area contributed by atoms with Crippen molar-refractivity contribution in [2.24, 2.45) is 0 Å². The third-order valence-corrected chi connectivity index (χ3v) is 6.17. The number of unbranched alkanes of at least 4 members (excludes halogenated alkanes) is 1. The number of anilines is 1. The maximum Gasteiger partial charge on any atom is 0.412 e. The summed E-state index contributed by atoms with van der Waals surface area (Å²) in [5.41, 5.74) is 1.22. The Morgan fingerprint density at radius 3 is 2.69 bits per heavy atom. The molecular weight excluding hydrogens is 466 g/mol. The molecule has 2 aromatic carbocycles. The van der Waals surface area contributed by atoms with E-state index in [2.05, 4.69) is 22.5 Å². The van der Waals surface area contributed by atoms with Gasteiger partial charge in [-0.15, -0.1) is 0 Å². The van der Waals surface area contributed by atoms with Crippen LogP contribution in [0.15, 0.2) is 48.7 Å². The molecule has 3 amide bonds. The minimum Gasteiger partial charge on any atom is -0.449 e. The van der Waals surface area contributed by atoms with Crippen LogP contribution in [0.1, 0.15) is 43.7 Å². The van der Waals surface area contributed by atoms with Crippen molar-refractivity contribution in [1.82, 2.24) is 15.2 Å². The highest BCUT2D eigenvalue weighted by Gasteiger charge is 2.20. The maximum atomic E-state index is 13.8. The van der Waals surface area contributed by atoms with Gasteiger partial charge in [-0.3, -0.25) is 5.32 Å². The molecule has 3 rings (SSSR count). The highest BCUT2D eigenvalue weighted by atomic mass is 19.1. The maximum absolute atomic E-state index is 13.8. The fourth-order valence-corrected chi connectivity index (χ4v) is 3.88. The molecule has 2 N–H and O–H groups in total. The number of benzene rings is 2. The van der Waals surface area contributed by atoms with Crippen LogP contribution in [-0.2, 0) is 11.3 Å². The number of aromatic nitrogens is 1. The molecule has 0 aliphatic carbocycles. The summed E-state index contributed by atoms with van der Waals surface area (Å²) in [6.45, 7) is 4.06. The second-order valence-electron chi connectivity index (χ2n) is 8.70. The summed E-state index contributed by atoms with van der Waals surface area (Å²) in [6.07, 6.45) is 3.94. The molecule has 0 radical (unpaired) electrons. The van der Waals surface area contributed by atoms with Gasteiger partial charge in [0.15, 0.2) is 0 Å². The van der Waals surface area contributed by atoms with E-state index in [-0.39, 0.29) is 42.7 Å². The lowest BCUT2D eigenvalue weighted by molar-refractivity contribution is 0.138. The lowest BCUT2D eigenvalue weighted by Gasteiger charge is -2.28. The molecule has 0 spiro atoms. The second-order valence-corrected chi connectivity index (χ2v) is 8.70. The number of urea groups is 1. The lowest BCUT2D eigenvalue weighted by Crippen LogP contribution is -2.44. The molecular formula is C27H32F2N4O3. The Morgan fingerprint density at radius 2 is 1.92 bits per heavy atom. The first-order valence-electron chi connectivity index (χ1n) is 12.0. The number of hydrogen-bond donors (Lipinski definition) is 2. The molecule has 36 heavy (non-hydrogen) atoms. The molecule has 1 heterocycles. The van der Waals surface area contributed by atoms with E-state index < -0.39 is 6.09 Å². The van der Waals surface area contributed by atoms with Gasteiger partial charge < -0.3 is 15.0 Å². The van der Waals surface area contributed by atoms with Gasteiger partial charge in [-0.1, -0.05) is 31.9 Å². The summed E-state index contributed by atoms with van der Waals surface area (Å²) in [6, 6.07) is 10.3. The molecule has 0 fully saturated rings. The zero-order valence-electron chi connectivity index (χ0n) is 20.8. The molecule has 3 aromatic rings. The van der Waals surface area contributed by atoms with Crippen LogP contribution in [0.3, 0.4) is 0 Å². The van der Waals surface area contributed by atoms with E-state index in [4.69, 9.17) is 4.74 Å². The zero-order chi connectivity index (χ0) is 26.1. The molecule has 0 saturated heterocycles. The monoisotopic (exact) mass is 498 g/mol. The normalized spacial score (nSPS) is 11.7. The van der Waals surface area contributed by atoms with Gasteiger partial charge in [0.25, 0.3) is 0 Å². The van der Waals surface area contributed by atoms with E-state index in [0.29, 0.717) is 22.9 Å². The Morgan fingerprint density at radius 1 is 1.11 bits per heavy atom. The Balaban J connectivity index is 1.51.